The lowest BCUT2D eigenvalue weighted by molar-refractivity contribution is -0.147. The molecule has 1 amide bonds. The maximum absolute atomic E-state index is 12.1. The lowest BCUT2D eigenvalue weighted by atomic mass is 10.0. The Kier molecular flexibility index (Phi) is 7.32. The van der Waals surface area contributed by atoms with Gasteiger partial charge in [0.05, 0.1) is 6.42 Å². The van der Waals surface area contributed by atoms with Crippen molar-refractivity contribution in [3.63, 3.8) is 0 Å². The van der Waals surface area contributed by atoms with E-state index >= 15 is 0 Å². The van der Waals surface area contributed by atoms with Crippen LogP contribution < -0.4 is 5.32 Å². The number of rotatable bonds is 7. The number of carbonyl (C=O) groups excluding carboxylic acids is 3. The van der Waals surface area contributed by atoms with Crippen LogP contribution in [0.3, 0.4) is 0 Å². The number of halogens is 1. The second-order valence-corrected chi connectivity index (χ2v) is 7.18. The van der Waals surface area contributed by atoms with Crippen molar-refractivity contribution in [2.75, 3.05) is 11.9 Å². The standard InChI is InChI=1S/C20H20INO4/c1-13-3-4-15(11-14(13)2)18(23)9-10-20(25)26-12-19(24)22-17-7-5-16(21)6-8-17/h3-8,11H,9-10,12H2,1-2H3,(H,22,24). The summed E-state index contributed by atoms with van der Waals surface area (Å²) in [6.45, 7) is 3.54. The van der Waals surface area contributed by atoms with E-state index in [1.807, 2.05) is 38.1 Å². The number of anilines is 1. The first-order valence-corrected chi connectivity index (χ1v) is 9.24. The van der Waals surface area contributed by atoms with Gasteiger partial charge in [-0.2, -0.15) is 0 Å². The minimum absolute atomic E-state index is 0.0530. The monoisotopic (exact) mass is 465 g/mol. The van der Waals surface area contributed by atoms with E-state index in [0.717, 1.165) is 14.7 Å². The average molecular weight is 465 g/mol. The van der Waals surface area contributed by atoms with Crippen molar-refractivity contribution >= 4 is 45.9 Å². The van der Waals surface area contributed by atoms with Crippen LogP contribution in [0.1, 0.15) is 34.3 Å². The Morgan fingerprint density at radius 2 is 1.65 bits per heavy atom. The molecular formula is C20H20INO4. The summed E-state index contributed by atoms with van der Waals surface area (Å²) in [5.41, 5.74) is 3.36. The lowest BCUT2D eigenvalue weighted by Gasteiger charge is -2.07. The number of nitrogens with one attached hydrogen (secondary N) is 1. The van der Waals surface area contributed by atoms with E-state index in [0.29, 0.717) is 11.3 Å². The topological polar surface area (TPSA) is 72.5 Å². The first-order valence-electron chi connectivity index (χ1n) is 8.16. The fraction of sp³-hybridized carbons (Fsp3) is 0.250. The highest BCUT2D eigenvalue weighted by Gasteiger charge is 2.12. The van der Waals surface area contributed by atoms with Gasteiger partial charge in [0.15, 0.2) is 12.4 Å². The Balaban J connectivity index is 1.74. The van der Waals surface area contributed by atoms with Gasteiger partial charge in [-0.05, 0) is 77.9 Å². The number of carbonyl (C=O) groups is 3. The number of benzene rings is 2. The van der Waals surface area contributed by atoms with Crippen molar-refractivity contribution in [3.05, 3.63) is 62.7 Å². The molecule has 0 unspecified atom stereocenters. The Labute approximate surface area is 166 Å². The normalized spacial score (nSPS) is 10.3. The zero-order valence-electron chi connectivity index (χ0n) is 14.7. The number of esters is 1. The molecule has 0 heterocycles. The Morgan fingerprint density at radius 1 is 0.962 bits per heavy atom. The van der Waals surface area contributed by atoms with Gasteiger partial charge in [0, 0.05) is 21.2 Å². The molecule has 2 aromatic rings. The summed E-state index contributed by atoms with van der Waals surface area (Å²) < 4.78 is 5.98. The van der Waals surface area contributed by atoms with Crippen LogP contribution in [0.25, 0.3) is 0 Å². The summed E-state index contributed by atoms with van der Waals surface area (Å²) in [4.78, 5) is 35.7. The molecule has 0 saturated carbocycles. The number of hydrogen-bond acceptors (Lipinski definition) is 4. The number of ether oxygens (including phenoxy) is 1. The first kappa shape index (κ1) is 20.1. The van der Waals surface area contributed by atoms with Crippen LogP contribution in [0.4, 0.5) is 5.69 Å². The second kappa shape index (κ2) is 9.47. The van der Waals surface area contributed by atoms with Crippen molar-refractivity contribution < 1.29 is 19.1 Å². The zero-order valence-corrected chi connectivity index (χ0v) is 16.8. The number of amides is 1. The van der Waals surface area contributed by atoms with Crippen LogP contribution in [0, 0.1) is 17.4 Å². The molecule has 6 heteroatoms. The van der Waals surface area contributed by atoms with E-state index in [1.165, 1.54) is 0 Å². The quantitative estimate of drug-likeness (QED) is 0.381. The Bertz CT molecular complexity index is 815. The zero-order chi connectivity index (χ0) is 19.1. The van der Waals surface area contributed by atoms with E-state index in [4.69, 9.17) is 4.74 Å². The Morgan fingerprint density at radius 3 is 2.31 bits per heavy atom. The van der Waals surface area contributed by atoms with E-state index in [9.17, 15) is 14.4 Å². The molecule has 0 fully saturated rings. The van der Waals surface area contributed by atoms with Crippen LogP contribution in [0.15, 0.2) is 42.5 Å². The molecule has 0 spiro atoms. The number of ketones is 1. The highest BCUT2D eigenvalue weighted by Crippen LogP contribution is 2.13. The fourth-order valence-corrected chi connectivity index (χ4v) is 2.58. The van der Waals surface area contributed by atoms with E-state index in [1.54, 1.807) is 18.2 Å². The van der Waals surface area contributed by atoms with Crippen LogP contribution in [-0.4, -0.2) is 24.3 Å². The second-order valence-electron chi connectivity index (χ2n) is 5.94. The summed E-state index contributed by atoms with van der Waals surface area (Å²) in [5, 5.41) is 2.64. The summed E-state index contributed by atoms with van der Waals surface area (Å²) in [6.07, 6.45) is 0.00262. The largest absolute Gasteiger partial charge is 0.456 e. The molecule has 0 atom stereocenters. The first-order chi connectivity index (χ1) is 12.3. The van der Waals surface area contributed by atoms with Crippen molar-refractivity contribution in [3.8, 4) is 0 Å². The molecule has 1 N–H and O–H groups in total. The Hall–Kier alpha value is -2.22. The third-order valence-electron chi connectivity index (χ3n) is 3.88. The summed E-state index contributed by atoms with van der Waals surface area (Å²) >= 11 is 2.17. The van der Waals surface area contributed by atoms with Crippen LogP contribution in [-0.2, 0) is 14.3 Å². The highest BCUT2D eigenvalue weighted by molar-refractivity contribution is 14.1. The number of Topliss-reactive ketones (excluding diaryl/α,β-unsaturated/α-hetero) is 1. The average Bonchev–Trinajstić information content (AvgIpc) is 2.62. The minimum Gasteiger partial charge on any atom is -0.456 e. The minimum atomic E-state index is -0.569. The van der Waals surface area contributed by atoms with E-state index < -0.39 is 11.9 Å². The summed E-state index contributed by atoms with van der Waals surface area (Å²) in [5.74, 6) is -1.10. The van der Waals surface area contributed by atoms with Gasteiger partial charge in [0.2, 0.25) is 0 Å². The van der Waals surface area contributed by atoms with Crippen molar-refractivity contribution in [2.45, 2.75) is 26.7 Å². The van der Waals surface area contributed by atoms with Gasteiger partial charge in [-0.3, -0.25) is 14.4 Å². The van der Waals surface area contributed by atoms with Gasteiger partial charge in [0.25, 0.3) is 5.91 Å². The van der Waals surface area contributed by atoms with Crippen molar-refractivity contribution in [2.24, 2.45) is 0 Å². The molecule has 0 aliphatic rings. The summed E-state index contributed by atoms with van der Waals surface area (Å²) in [6, 6.07) is 12.7. The van der Waals surface area contributed by atoms with E-state index in [-0.39, 0.29) is 25.2 Å². The SMILES string of the molecule is Cc1ccc(C(=O)CCC(=O)OCC(=O)Nc2ccc(I)cc2)cc1C. The molecule has 26 heavy (non-hydrogen) atoms. The van der Waals surface area contributed by atoms with Gasteiger partial charge in [0.1, 0.15) is 0 Å². The molecular weight excluding hydrogens is 445 g/mol. The lowest BCUT2D eigenvalue weighted by Crippen LogP contribution is -2.21. The summed E-state index contributed by atoms with van der Waals surface area (Å²) in [7, 11) is 0. The maximum Gasteiger partial charge on any atom is 0.306 e. The molecule has 0 aliphatic carbocycles. The fourth-order valence-electron chi connectivity index (χ4n) is 2.22. The van der Waals surface area contributed by atoms with Crippen LogP contribution in [0.2, 0.25) is 0 Å². The molecule has 0 bridgehead atoms. The smallest absolute Gasteiger partial charge is 0.306 e. The maximum atomic E-state index is 12.1. The third-order valence-corrected chi connectivity index (χ3v) is 4.60. The molecule has 136 valence electrons. The van der Waals surface area contributed by atoms with Crippen molar-refractivity contribution in [1.29, 1.82) is 0 Å². The molecule has 0 aromatic heterocycles. The molecule has 2 aromatic carbocycles. The third kappa shape index (κ3) is 6.25. The van der Waals surface area contributed by atoms with E-state index in [2.05, 4.69) is 27.9 Å². The molecule has 0 saturated heterocycles. The van der Waals surface area contributed by atoms with Crippen LogP contribution in [0.5, 0.6) is 0 Å². The highest BCUT2D eigenvalue weighted by atomic mass is 127. The molecule has 0 radical (unpaired) electrons. The van der Waals surface area contributed by atoms with Crippen LogP contribution >= 0.6 is 22.6 Å². The molecule has 5 nitrogen and oxygen atoms in total. The van der Waals surface area contributed by atoms with Gasteiger partial charge >= 0.3 is 5.97 Å². The van der Waals surface area contributed by atoms with Crippen molar-refractivity contribution in [1.82, 2.24) is 0 Å². The number of aryl methyl sites for hydroxylation is 2. The van der Waals surface area contributed by atoms with Gasteiger partial charge in [-0.1, -0.05) is 12.1 Å². The van der Waals surface area contributed by atoms with Gasteiger partial charge in [-0.15, -0.1) is 0 Å². The predicted molar refractivity (Wildman–Crippen MR) is 108 cm³/mol. The van der Waals surface area contributed by atoms with Gasteiger partial charge < -0.3 is 10.1 Å². The molecule has 2 rings (SSSR count). The van der Waals surface area contributed by atoms with Gasteiger partial charge in [-0.25, -0.2) is 0 Å². The predicted octanol–water partition coefficient (Wildman–Crippen LogP) is 4.05. The molecule has 0 aliphatic heterocycles. The number of hydrogen-bond donors (Lipinski definition) is 1.